The van der Waals surface area contributed by atoms with Crippen molar-refractivity contribution < 1.29 is 23.8 Å². The number of ether oxygens (including phenoxy) is 3. The van der Waals surface area contributed by atoms with Crippen molar-refractivity contribution >= 4 is 29.3 Å². The molecule has 0 spiro atoms. The van der Waals surface area contributed by atoms with Gasteiger partial charge in [-0.2, -0.15) is 5.26 Å². The molecular formula is C27H31N3O5S. The van der Waals surface area contributed by atoms with E-state index in [0.29, 0.717) is 46.8 Å². The molecule has 0 fully saturated rings. The summed E-state index contributed by atoms with van der Waals surface area (Å²) in [4.78, 5) is 25.1. The number of hydrogen-bond donors (Lipinski definition) is 2. The van der Waals surface area contributed by atoms with Crippen LogP contribution < -0.4 is 24.8 Å². The van der Waals surface area contributed by atoms with Crippen LogP contribution in [0, 0.1) is 11.3 Å². The summed E-state index contributed by atoms with van der Waals surface area (Å²) in [7, 11) is 1.54. The van der Waals surface area contributed by atoms with E-state index >= 15 is 0 Å². The number of nitrogens with zero attached hydrogens (tertiary/aromatic N) is 1. The highest BCUT2D eigenvalue weighted by atomic mass is 32.2. The Hall–Kier alpha value is -3.64. The van der Waals surface area contributed by atoms with Gasteiger partial charge in [0.05, 0.1) is 42.7 Å². The molecule has 1 aliphatic heterocycles. The number of carbonyl (C=O) groups is 2. The number of hydrogen-bond acceptors (Lipinski definition) is 7. The van der Waals surface area contributed by atoms with E-state index in [1.165, 1.54) is 0 Å². The maximum Gasteiger partial charge on any atom is 0.234 e. The van der Waals surface area contributed by atoms with Gasteiger partial charge in [0.15, 0.2) is 11.5 Å². The van der Waals surface area contributed by atoms with Crippen molar-refractivity contribution in [2.75, 3.05) is 31.4 Å². The van der Waals surface area contributed by atoms with Gasteiger partial charge in [0.1, 0.15) is 5.75 Å². The van der Waals surface area contributed by atoms with Crippen LogP contribution in [0.4, 0.5) is 5.69 Å². The van der Waals surface area contributed by atoms with Gasteiger partial charge in [-0.15, -0.1) is 0 Å². The lowest BCUT2D eigenvalue weighted by Crippen LogP contribution is -2.31. The number of allylic oxidation sites excluding steroid dienone is 1. The molecule has 0 saturated heterocycles. The van der Waals surface area contributed by atoms with Crippen molar-refractivity contribution in [3.05, 3.63) is 58.6 Å². The maximum atomic E-state index is 12.6. The molecule has 0 aliphatic carbocycles. The largest absolute Gasteiger partial charge is 0.494 e. The van der Waals surface area contributed by atoms with Gasteiger partial charge in [-0.25, -0.2) is 0 Å². The van der Waals surface area contributed by atoms with E-state index in [2.05, 4.69) is 23.6 Å². The lowest BCUT2D eigenvalue weighted by Gasteiger charge is -2.25. The molecular weight excluding hydrogens is 478 g/mol. The average molecular weight is 510 g/mol. The van der Waals surface area contributed by atoms with E-state index in [4.69, 9.17) is 14.2 Å². The number of methoxy groups -OCH3 is 1. The van der Waals surface area contributed by atoms with Crippen LogP contribution >= 0.6 is 11.8 Å². The Morgan fingerprint density at radius 3 is 2.75 bits per heavy atom. The zero-order valence-corrected chi connectivity index (χ0v) is 21.6. The zero-order chi connectivity index (χ0) is 25.9. The summed E-state index contributed by atoms with van der Waals surface area (Å²) in [6.07, 6.45) is 2.12. The Labute approximate surface area is 216 Å². The van der Waals surface area contributed by atoms with E-state index in [1.54, 1.807) is 31.4 Å². The molecule has 2 amide bonds. The minimum absolute atomic E-state index is 0.0288. The van der Waals surface area contributed by atoms with Crippen molar-refractivity contribution in [2.24, 2.45) is 0 Å². The summed E-state index contributed by atoms with van der Waals surface area (Å²) in [5.41, 5.74) is 1.80. The number of anilines is 1. The second kappa shape index (κ2) is 13.4. The molecule has 9 heteroatoms. The van der Waals surface area contributed by atoms with Crippen LogP contribution in [-0.2, 0) is 9.59 Å². The quantitative estimate of drug-likeness (QED) is 0.388. The molecule has 3 rings (SSSR count). The second-order valence-corrected chi connectivity index (χ2v) is 9.06. The summed E-state index contributed by atoms with van der Waals surface area (Å²) in [5.74, 6) is 0.930. The highest BCUT2D eigenvalue weighted by Gasteiger charge is 2.30. The first-order valence-electron chi connectivity index (χ1n) is 11.9. The van der Waals surface area contributed by atoms with Crippen LogP contribution in [-0.4, -0.2) is 37.9 Å². The molecule has 1 heterocycles. The summed E-state index contributed by atoms with van der Waals surface area (Å²) < 4.78 is 16.7. The standard InChI is InChI=1S/C27H31N3O5S/c1-4-6-12-35-20-9-7-8-19(14-20)29-26(32)17-36-27-22(16-28)21(15-25(31)30-27)18-10-11-23(34-5-2)24(13-18)33-3/h7-11,13-14,21H,4-6,12,15,17H2,1-3H3,(H,29,32)(H,30,31). The molecule has 0 aromatic heterocycles. The van der Waals surface area contributed by atoms with Crippen LogP contribution in [0.15, 0.2) is 53.1 Å². The Balaban J connectivity index is 1.71. The fourth-order valence-corrected chi connectivity index (χ4v) is 4.60. The monoisotopic (exact) mass is 509 g/mol. The topological polar surface area (TPSA) is 110 Å². The van der Waals surface area contributed by atoms with Crippen LogP contribution in [0.3, 0.4) is 0 Å². The SMILES string of the molecule is CCCCOc1cccc(NC(=O)CSC2=C(C#N)C(c3ccc(OCC)c(OC)c3)CC(=O)N2)c1. The maximum absolute atomic E-state index is 12.6. The molecule has 1 unspecified atom stereocenters. The molecule has 2 aromatic carbocycles. The zero-order valence-electron chi connectivity index (χ0n) is 20.8. The summed E-state index contributed by atoms with van der Waals surface area (Å²) in [6, 6.07) is 14.8. The van der Waals surface area contributed by atoms with Gasteiger partial charge in [0.2, 0.25) is 11.8 Å². The Morgan fingerprint density at radius 1 is 1.19 bits per heavy atom. The molecule has 0 saturated carbocycles. The first-order chi connectivity index (χ1) is 17.5. The smallest absolute Gasteiger partial charge is 0.234 e. The molecule has 2 aromatic rings. The highest BCUT2D eigenvalue weighted by Crippen LogP contribution is 2.39. The van der Waals surface area contributed by atoms with Gasteiger partial charge >= 0.3 is 0 Å². The van der Waals surface area contributed by atoms with Gasteiger partial charge in [-0.1, -0.05) is 37.2 Å². The van der Waals surface area contributed by atoms with Gasteiger partial charge < -0.3 is 24.8 Å². The lowest BCUT2D eigenvalue weighted by molar-refractivity contribution is -0.121. The van der Waals surface area contributed by atoms with E-state index in [-0.39, 0.29) is 24.0 Å². The Morgan fingerprint density at radius 2 is 2.03 bits per heavy atom. The fraction of sp³-hybridized carbons (Fsp3) is 0.370. The van der Waals surface area contributed by atoms with Crippen molar-refractivity contribution in [1.82, 2.24) is 5.32 Å². The minimum atomic E-state index is -0.448. The minimum Gasteiger partial charge on any atom is -0.494 e. The summed E-state index contributed by atoms with van der Waals surface area (Å²) in [5, 5.41) is 15.9. The van der Waals surface area contributed by atoms with Crippen molar-refractivity contribution in [2.45, 2.75) is 39.0 Å². The highest BCUT2D eigenvalue weighted by molar-refractivity contribution is 8.03. The van der Waals surface area contributed by atoms with E-state index in [9.17, 15) is 14.9 Å². The molecule has 8 nitrogen and oxygen atoms in total. The number of thioether (sulfide) groups is 1. The molecule has 36 heavy (non-hydrogen) atoms. The third-order valence-electron chi connectivity index (χ3n) is 5.48. The Kier molecular flexibility index (Phi) is 10.1. The first kappa shape index (κ1) is 27.0. The van der Waals surface area contributed by atoms with Crippen molar-refractivity contribution in [1.29, 1.82) is 5.26 Å². The molecule has 1 atom stereocenters. The second-order valence-electron chi connectivity index (χ2n) is 8.07. The summed E-state index contributed by atoms with van der Waals surface area (Å²) in [6.45, 7) is 5.09. The number of unbranched alkanes of at least 4 members (excludes halogenated alkanes) is 1. The number of nitriles is 1. The number of nitrogens with one attached hydrogen (secondary N) is 2. The fourth-order valence-electron chi connectivity index (χ4n) is 3.73. The third-order valence-corrected chi connectivity index (χ3v) is 6.50. The molecule has 0 bridgehead atoms. The predicted octanol–water partition coefficient (Wildman–Crippen LogP) is 4.98. The van der Waals surface area contributed by atoms with Crippen LogP contribution in [0.1, 0.15) is 44.6 Å². The van der Waals surface area contributed by atoms with E-state index in [0.717, 1.165) is 30.2 Å². The molecule has 190 valence electrons. The number of amides is 2. The van der Waals surface area contributed by atoms with Crippen molar-refractivity contribution in [3.8, 4) is 23.3 Å². The van der Waals surface area contributed by atoms with Gasteiger partial charge in [-0.3, -0.25) is 9.59 Å². The normalized spacial score (nSPS) is 15.1. The van der Waals surface area contributed by atoms with Crippen molar-refractivity contribution in [3.63, 3.8) is 0 Å². The van der Waals surface area contributed by atoms with Crippen LogP contribution in [0.5, 0.6) is 17.2 Å². The van der Waals surface area contributed by atoms with Gasteiger partial charge in [0.25, 0.3) is 0 Å². The van der Waals surface area contributed by atoms with Crippen LogP contribution in [0.2, 0.25) is 0 Å². The van der Waals surface area contributed by atoms with Crippen LogP contribution in [0.25, 0.3) is 0 Å². The first-order valence-corrected chi connectivity index (χ1v) is 12.9. The Bertz CT molecular complexity index is 1160. The average Bonchev–Trinajstić information content (AvgIpc) is 2.88. The lowest BCUT2D eigenvalue weighted by atomic mass is 9.87. The van der Waals surface area contributed by atoms with Gasteiger partial charge in [-0.05, 0) is 43.2 Å². The number of carbonyl (C=O) groups excluding carboxylic acids is 2. The van der Waals surface area contributed by atoms with E-state index in [1.807, 2.05) is 25.1 Å². The predicted molar refractivity (Wildman–Crippen MR) is 140 cm³/mol. The molecule has 1 aliphatic rings. The number of benzene rings is 2. The molecule has 0 radical (unpaired) electrons. The third kappa shape index (κ3) is 7.18. The van der Waals surface area contributed by atoms with Gasteiger partial charge in [0, 0.05) is 24.1 Å². The molecule has 2 N–H and O–H groups in total. The summed E-state index contributed by atoms with van der Waals surface area (Å²) >= 11 is 1.13. The van der Waals surface area contributed by atoms with E-state index < -0.39 is 5.92 Å². The number of rotatable bonds is 12.